The Morgan fingerprint density at radius 2 is 2.26 bits per heavy atom. The molecule has 0 aliphatic heterocycles. The molecule has 0 spiro atoms. The zero-order valence-corrected chi connectivity index (χ0v) is 14.0. The van der Waals surface area contributed by atoms with E-state index in [9.17, 15) is 4.79 Å². The van der Waals surface area contributed by atoms with Gasteiger partial charge in [0, 0.05) is 30.6 Å². The van der Waals surface area contributed by atoms with E-state index in [1.807, 2.05) is 19.3 Å². The molecule has 0 saturated heterocycles. The number of rotatable bonds is 6. The van der Waals surface area contributed by atoms with E-state index in [-0.39, 0.29) is 5.97 Å². The van der Waals surface area contributed by atoms with Gasteiger partial charge in [-0.05, 0) is 32.4 Å². The van der Waals surface area contributed by atoms with Crippen LogP contribution in [0.5, 0.6) is 0 Å². The third-order valence-electron chi connectivity index (χ3n) is 3.67. The van der Waals surface area contributed by atoms with Gasteiger partial charge in [-0.15, -0.1) is 0 Å². The number of nitrogens with zero attached hydrogens (tertiary/aromatic N) is 3. The van der Waals surface area contributed by atoms with Crippen LogP contribution < -0.4 is 5.32 Å². The van der Waals surface area contributed by atoms with Crippen LogP contribution in [-0.2, 0) is 15.1 Å². The fraction of sp³-hybridized carbons (Fsp3) is 0.353. The average Bonchev–Trinajstić information content (AvgIpc) is 3.04. The number of anilines is 1. The zero-order chi connectivity index (χ0) is 17.0. The number of aromatic nitrogens is 3. The molecule has 122 valence electrons. The lowest BCUT2D eigenvalue weighted by atomic mass is 10.0. The third-order valence-corrected chi connectivity index (χ3v) is 3.67. The topological polar surface area (TPSA) is 69.0 Å². The summed E-state index contributed by atoms with van der Waals surface area (Å²) >= 11 is 0. The molecule has 0 bridgehead atoms. The standard InChI is InChI=1S/C17H22N4O2/c1-6-13-14(8-9-19-15(13)18-5)12-10-20-21(11-12)17(3,4)16(22)23-7-2/h6,8-11H,1,7H2,2-5H3,(H,18,19). The molecule has 2 aromatic heterocycles. The summed E-state index contributed by atoms with van der Waals surface area (Å²) in [5, 5.41) is 7.38. The first-order chi connectivity index (χ1) is 11.0. The summed E-state index contributed by atoms with van der Waals surface area (Å²) in [5.41, 5.74) is 1.85. The van der Waals surface area contributed by atoms with Gasteiger partial charge in [-0.3, -0.25) is 4.68 Å². The number of carbonyl (C=O) groups excluding carboxylic acids is 1. The summed E-state index contributed by atoms with van der Waals surface area (Å²) in [6.45, 7) is 9.54. The molecule has 1 N–H and O–H groups in total. The van der Waals surface area contributed by atoms with Gasteiger partial charge in [0.15, 0.2) is 5.54 Å². The Bertz CT molecular complexity index is 719. The van der Waals surface area contributed by atoms with Crippen LogP contribution >= 0.6 is 0 Å². The van der Waals surface area contributed by atoms with Gasteiger partial charge in [0.2, 0.25) is 0 Å². The molecule has 2 aromatic rings. The molecular weight excluding hydrogens is 292 g/mol. The highest BCUT2D eigenvalue weighted by atomic mass is 16.5. The molecule has 0 aliphatic carbocycles. The largest absolute Gasteiger partial charge is 0.464 e. The van der Waals surface area contributed by atoms with Crippen molar-refractivity contribution in [2.45, 2.75) is 26.3 Å². The van der Waals surface area contributed by atoms with E-state index in [4.69, 9.17) is 4.74 Å². The maximum atomic E-state index is 12.1. The number of ether oxygens (including phenoxy) is 1. The molecule has 6 nitrogen and oxygen atoms in total. The summed E-state index contributed by atoms with van der Waals surface area (Å²) in [4.78, 5) is 16.4. The van der Waals surface area contributed by atoms with E-state index in [1.54, 1.807) is 43.9 Å². The Morgan fingerprint density at radius 1 is 1.52 bits per heavy atom. The van der Waals surface area contributed by atoms with Gasteiger partial charge < -0.3 is 10.1 Å². The fourth-order valence-corrected chi connectivity index (χ4v) is 2.30. The van der Waals surface area contributed by atoms with Crippen molar-refractivity contribution in [2.24, 2.45) is 0 Å². The molecule has 0 fully saturated rings. The number of hydrogen-bond acceptors (Lipinski definition) is 5. The molecule has 0 aromatic carbocycles. The Morgan fingerprint density at radius 3 is 2.87 bits per heavy atom. The summed E-state index contributed by atoms with van der Waals surface area (Å²) in [5.74, 6) is 0.430. The van der Waals surface area contributed by atoms with Gasteiger partial charge in [-0.25, -0.2) is 9.78 Å². The predicted molar refractivity (Wildman–Crippen MR) is 91.1 cm³/mol. The average molecular weight is 314 g/mol. The van der Waals surface area contributed by atoms with Gasteiger partial charge in [0.25, 0.3) is 0 Å². The van der Waals surface area contributed by atoms with Gasteiger partial charge in [-0.2, -0.15) is 5.10 Å². The van der Waals surface area contributed by atoms with Crippen molar-refractivity contribution in [1.82, 2.24) is 14.8 Å². The van der Waals surface area contributed by atoms with Crippen LogP contribution in [-0.4, -0.2) is 34.4 Å². The highest BCUT2D eigenvalue weighted by Crippen LogP contribution is 2.29. The van der Waals surface area contributed by atoms with Crippen molar-refractivity contribution in [2.75, 3.05) is 19.0 Å². The van der Waals surface area contributed by atoms with Crippen LogP contribution in [0.25, 0.3) is 17.2 Å². The van der Waals surface area contributed by atoms with E-state index in [2.05, 4.69) is 22.0 Å². The Hall–Kier alpha value is -2.63. The minimum absolute atomic E-state index is 0.316. The van der Waals surface area contributed by atoms with Gasteiger partial charge in [0.1, 0.15) is 5.82 Å². The maximum absolute atomic E-state index is 12.1. The molecule has 23 heavy (non-hydrogen) atoms. The van der Waals surface area contributed by atoms with Crippen molar-refractivity contribution in [1.29, 1.82) is 0 Å². The number of pyridine rings is 1. The normalized spacial score (nSPS) is 11.1. The first-order valence-corrected chi connectivity index (χ1v) is 7.47. The Kier molecular flexibility index (Phi) is 4.83. The minimum Gasteiger partial charge on any atom is -0.464 e. The molecule has 0 saturated carbocycles. The van der Waals surface area contributed by atoms with Crippen LogP contribution in [0, 0.1) is 0 Å². The van der Waals surface area contributed by atoms with E-state index < -0.39 is 5.54 Å². The van der Waals surface area contributed by atoms with E-state index in [0.717, 1.165) is 22.5 Å². The summed E-state index contributed by atoms with van der Waals surface area (Å²) in [7, 11) is 1.81. The lowest BCUT2D eigenvalue weighted by Gasteiger charge is -2.22. The monoisotopic (exact) mass is 314 g/mol. The second kappa shape index (κ2) is 6.64. The number of hydrogen-bond donors (Lipinski definition) is 1. The first-order valence-electron chi connectivity index (χ1n) is 7.47. The van der Waals surface area contributed by atoms with Crippen molar-refractivity contribution in [3.05, 3.63) is 36.8 Å². The third kappa shape index (κ3) is 3.11. The van der Waals surface area contributed by atoms with Crippen LogP contribution in [0.1, 0.15) is 26.3 Å². The first kappa shape index (κ1) is 16.7. The fourth-order valence-electron chi connectivity index (χ4n) is 2.30. The molecule has 2 heterocycles. The van der Waals surface area contributed by atoms with Crippen molar-refractivity contribution >= 4 is 17.9 Å². The quantitative estimate of drug-likeness (QED) is 0.830. The van der Waals surface area contributed by atoms with E-state index in [1.165, 1.54) is 0 Å². The molecule has 0 aliphatic rings. The summed E-state index contributed by atoms with van der Waals surface area (Å²) in [6.07, 6.45) is 7.03. The Labute approximate surface area is 136 Å². The van der Waals surface area contributed by atoms with Gasteiger partial charge in [0.05, 0.1) is 12.8 Å². The molecule has 0 atom stereocenters. The lowest BCUT2D eigenvalue weighted by Crippen LogP contribution is -2.37. The van der Waals surface area contributed by atoms with Gasteiger partial charge >= 0.3 is 5.97 Å². The number of esters is 1. The van der Waals surface area contributed by atoms with Crippen molar-refractivity contribution < 1.29 is 9.53 Å². The molecule has 0 amide bonds. The zero-order valence-electron chi connectivity index (χ0n) is 14.0. The molecule has 0 radical (unpaired) electrons. The molecular formula is C17H22N4O2. The number of carbonyl (C=O) groups is 1. The van der Waals surface area contributed by atoms with Crippen molar-refractivity contribution in [3.63, 3.8) is 0 Å². The van der Waals surface area contributed by atoms with E-state index >= 15 is 0 Å². The maximum Gasteiger partial charge on any atom is 0.333 e. The predicted octanol–water partition coefficient (Wildman–Crippen LogP) is 2.93. The van der Waals surface area contributed by atoms with E-state index in [0.29, 0.717) is 6.61 Å². The lowest BCUT2D eigenvalue weighted by molar-refractivity contribution is -0.152. The van der Waals surface area contributed by atoms with Crippen molar-refractivity contribution in [3.8, 4) is 11.1 Å². The molecule has 0 unspecified atom stereocenters. The summed E-state index contributed by atoms with van der Waals surface area (Å²) in [6, 6.07) is 1.90. The molecule has 6 heteroatoms. The second-order valence-electron chi connectivity index (χ2n) is 5.53. The SMILES string of the molecule is C=Cc1c(-c2cnn(C(C)(C)C(=O)OCC)c2)ccnc1NC. The smallest absolute Gasteiger partial charge is 0.333 e. The minimum atomic E-state index is -0.874. The van der Waals surface area contributed by atoms with Crippen LogP contribution in [0.4, 0.5) is 5.82 Å². The number of nitrogens with one attached hydrogen (secondary N) is 1. The van der Waals surface area contributed by atoms with Gasteiger partial charge in [-0.1, -0.05) is 12.7 Å². The van der Waals surface area contributed by atoms with Crippen LogP contribution in [0.2, 0.25) is 0 Å². The van der Waals surface area contributed by atoms with Crippen LogP contribution in [0.15, 0.2) is 31.2 Å². The second-order valence-corrected chi connectivity index (χ2v) is 5.53. The highest BCUT2D eigenvalue weighted by Gasteiger charge is 2.32. The Balaban J connectivity index is 2.44. The molecule has 2 rings (SSSR count). The van der Waals surface area contributed by atoms with Crippen LogP contribution in [0.3, 0.4) is 0 Å². The highest BCUT2D eigenvalue weighted by molar-refractivity contribution is 5.81. The summed E-state index contributed by atoms with van der Waals surface area (Å²) < 4.78 is 6.74.